The molecule has 30 heavy (non-hydrogen) atoms. The third-order valence-electron chi connectivity index (χ3n) is 4.59. The van der Waals surface area contributed by atoms with Crippen LogP contribution in [-0.4, -0.2) is 25.8 Å². The molecule has 1 atom stereocenters. The fourth-order valence-corrected chi connectivity index (χ4v) is 3.18. The molecule has 2 aromatic heterocycles. The topological polar surface area (TPSA) is 109 Å². The van der Waals surface area contributed by atoms with E-state index in [-0.39, 0.29) is 12.3 Å². The Bertz CT molecular complexity index is 1120. The maximum absolute atomic E-state index is 11.3. The van der Waals surface area contributed by atoms with Gasteiger partial charge in [-0.25, -0.2) is 9.78 Å². The number of nitrogens with zero attached hydrogens (tertiary/aromatic N) is 4. The zero-order valence-electron chi connectivity index (χ0n) is 16.4. The Morgan fingerprint density at radius 3 is 2.53 bits per heavy atom. The maximum Gasteiger partial charge on any atom is 0.405 e. The van der Waals surface area contributed by atoms with E-state index in [0.29, 0.717) is 12.2 Å². The number of rotatable bonds is 7. The van der Waals surface area contributed by atoms with Crippen molar-refractivity contribution in [3.05, 3.63) is 90.1 Å². The number of benzene rings is 2. The molecule has 2 N–H and O–H groups in total. The lowest BCUT2D eigenvalue weighted by Gasteiger charge is -2.10. The Kier molecular flexibility index (Phi) is 5.56. The lowest BCUT2D eigenvalue weighted by Crippen LogP contribution is -2.19. The van der Waals surface area contributed by atoms with Gasteiger partial charge in [-0.1, -0.05) is 59.8 Å². The summed E-state index contributed by atoms with van der Waals surface area (Å²) in [5.74, 6) is 0.687. The van der Waals surface area contributed by atoms with Crippen molar-refractivity contribution in [2.45, 2.75) is 18.9 Å². The molecule has 0 saturated carbocycles. The molecule has 0 aliphatic carbocycles. The SMILES string of the molecule is Cn1cnc(C[C@H](OC(N)=O)c2nc(Cc3ccc(-c4ccccc4)cc3)no2)c1. The predicted molar refractivity (Wildman–Crippen MR) is 109 cm³/mol. The number of ether oxygens (including phenoxy) is 1. The van der Waals surface area contributed by atoms with Crippen LogP contribution in [0.3, 0.4) is 0 Å². The summed E-state index contributed by atoms with van der Waals surface area (Å²) in [5, 5.41) is 4.02. The van der Waals surface area contributed by atoms with E-state index in [4.69, 9.17) is 15.0 Å². The average molecular weight is 403 g/mol. The lowest BCUT2D eigenvalue weighted by atomic mass is 10.0. The van der Waals surface area contributed by atoms with Crippen LogP contribution in [0.15, 0.2) is 71.6 Å². The van der Waals surface area contributed by atoms with Gasteiger partial charge in [0.2, 0.25) is 0 Å². The Hall–Kier alpha value is -3.94. The second kappa shape index (κ2) is 8.60. The van der Waals surface area contributed by atoms with E-state index >= 15 is 0 Å². The maximum atomic E-state index is 11.3. The number of aromatic nitrogens is 4. The standard InChI is InChI=1S/C22H21N5O3/c1-27-13-18(24-14-27)12-19(29-22(23)28)21-25-20(26-30-21)11-15-7-9-17(10-8-15)16-5-3-2-4-6-16/h2-10,13-14,19H,11-12H2,1H3,(H2,23,28)/t19-/m0/s1. The molecule has 0 spiro atoms. The molecule has 0 unspecified atom stereocenters. The zero-order valence-corrected chi connectivity index (χ0v) is 16.4. The normalized spacial score (nSPS) is 11.9. The molecule has 2 heterocycles. The van der Waals surface area contributed by atoms with E-state index in [1.165, 1.54) is 0 Å². The number of aryl methyl sites for hydroxylation is 1. The first-order valence-corrected chi connectivity index (χ1v) is 9.46. The first kappa shape index (κ1) is 19.4. The number of amides is 1. The van der Waals surface area contributed by atoms with Crippen molar-refractivity contribution in [3.8, 4) is 11.1 Å². The number of primary amides is 1. The van der Waals surface area contributed by atoms with Crippen molar-refractivity contribution in [1.29, 1.82) is 0 Å². The van der Waals surface area contributed by atoms with E-state index in [9.17, 15) is 4.79 Å². The van der Waals surface area contributed by atoms with Gasteiger partial charge in [-0.2, -0.15) is 4.98 Å². The fourth-order valence-electron chi connectivity index (χ4n) is 3.18. The summed E-state index contributed by atoms with van der Waals surface area (Å²) >= 11 is 0. The summed E-state index contributed by atoms with van der Waals surface area (Å²) < 4.78 is 12.3. The Balaban J connectivity index is 1.47. The van der Waals surface area contributed by atoms with Crippen LogP contribution in [0.2, 0.25) is 0 Å². The quantitative estimate of drug-likeness (QED) is 0.506. The van der Waals surface area contributed by atoms with E-state index in [1.54, 1.807) is 10.9 Å². The first-order chi connectivity index (χ1) is 14.6. The van der Waals surface area contributed by atoms with Crippen LogP contribution in [0.4, 0.5) is 4.79 Å². The van der Waals surface area contributed by atoms with Crippen LogP contribution < -0.4 is 5.73 Å². The van der Waals surface area contributed by atoms with Crippen molar-refractivity contribution < 1.29 is 14.1 Å². The van der Waals surface area contributed by atoms with E-state index < -0.39 is 12.2 Å². The third-order valence-corrected chi connectivity index (χ3v) is 4.59. The highest BCUT2D eigenvalue weighted by Gasteiger charge is 2.24. The molecule has 0 aliphatic heterocycles. The van der Waals surface area contributed by atoms with Gasteiger partial charge in [0.1, 0.15) is 0 Å². The van der Waals surface area contributed by atoms with Gasteiger partial charge in [0, 0.05) is 26.1 Å². The third kappa shape index (κ3) is 4.72. The monoisotopic (exact) mass is 403 g/mol. The van der Waals surface area contributed by atoms with Gasteiger partial charge < -0.3 is 19.6 Å². The molecule has 0 radical (unpaired) electrons. The first-order valence-electron chi connectivity index (χ1n) is 9.46. The van der Waals surface area contributed by atoms with Gasteiger partial charge in [-0.3, -0.25) is 0 Å². The molecule has 4 rings (SSSR count). The van der Waals surface area contributed by atoms with Gasteiger partial charge in [-0.15, -0.1) is 0 Å². The molecular formula is C22H21N5O3. The number of imidazole rings is 1. The van der Waals surface area contributed by atoms with Crippen LogP contribution in [0, 0.1) is 0 Å². The lowest BCUT2D eigenvalue weighted by molar-refractivity contribution is 0.0844. The number of hydrogen-bond donors (Lipinski definition) is 1. The highest BCUT2D eigenvalue weighted by atomic mass is 16.6. The van der Waals surface area contributed by atoms with Gasteiger partial charge in [0.05, 0.1) is 12.0 Å². The van der Waals surface area contributed by atoms with Crippen LogP contribution in [0.5, 0.6) is 0 Å². The summed E-state index contributed by atoms with van der Waals surface area (Å²) in [6, 6.07) is 18.3. The molecular weight excluding hydrogens is 382 g/mol. The number of hydrogen-bond acceptors (Lipinski definition) is 6. The van der Waals surface area contributed by atoms with E-state index in [2.05, 4.69) is 39.4 Å². The van der Waals surface area contributed by atoms with Gasteiger partial charge >= 0.3 is 6.09 Å². The molecule has 2 aromatic carbocycles. The predicted octanol–water partition coefficient (Wildman–Crippen LogP) is 3.44. The van der Waals surface area contributed by atoms with Gasteiger partial charge in [0.15, 0.2) is 11.9 Å². The summed E-state index contributed by atoms with van der Waals surface area (Å²) in [7, 11) is 1.86. The van der Waals surface area contributed by atoms with Crippen LogP contribution in [0.1, 0.15) is 29.1 Å². The van der Waals surface area contributed by atoms with Crippen molar-refractivity contribution in [2.75, 3.05) is 0 Å². The van der Waals surface area contributed by atoms with Crippen molar-refractivity contribution >= 4 is 6.09 Å². The van der Waals surface area contributed by atoms with E-state index in [1.807, 2.05) is 43.6 Å². The van der Waals surface area contributed by atoms with E-state index in [0.717, 1.165) is 22.4 Å². The highest BCUT2D eigenvalue weighted by Crippen LogP contribution is 2.22. The molecule has 0 saturated heterocycles. The highest BCUT2D eigenvalue weighted by molar-refractivity contribution is 5.65. The molecule has 8 heteroatoms. The average Bonchev–Trinajstić information content (AvgIpc) is 3.37. The van der Waals surface area contributed by atoms with Crippen LogP contribution >= 0.6 is 0 Å². The largest absolute Gasteiger partial charge is 0.436 e. The molecule has 1 amide bonds. The minimum Gasteiger partial charge on any atom is -0.436 e. The Morgan fingerprint density at radius 2 is 1.87 bits per heavy atom. The Labute approximate surface area is 173 Å². The smallest absolute Gasteiger partial charge is 0.405 e. The molecule has 0 bridgehead atoms. The molecule has 8 nitrogen and oxygen atoms in total. The van der Waals surface area contributed by atoms with Gasteiger partial charge in [-0.05, 0) is 16.7 Å². The van der Waals surface area contributed by atoms with Crippen LogP contribution in [-0.2, 0) is 24.6 Å². The summed E-state index contributed by atoms with van der Waals surface area (Å²) in [6.07, 6.45) is 2.56. The van der Waals surface area contributed by atoms with Crippen molar-refractivity contribution in [2.24, 2.45) is 12.8 Å². The minimum atomic E-state index is -0.910. The molecule has 0 fully saturated rings. The summed E-state index contributed by atoms with van der Waals surface area (Å²) in [4.78, 5) is 19.9. The number of nitrogens with two attached hydrogens (primary N) is 1. The van der Waals surface area contributed by atoms with Crippen LogP contribution in [0.25, 0.3) is 11.1 Å². The molecule has 0 aliphatic rings. The minimum absolute atomic E-state index is 0.190. The number of carbonyl (C=O) groups excluding carboxylic acids is 1. The molecule has 4 aromatic rings. The van der Waals surface area contributed by atoms with Crippen molar-refractivity contribution in [1.82, 2.24) is 19.7 Å². The second-order valence-electron chi connectivity index (χ2n) is 6.95. The molecule has 152 valence electrons. The second-order valence-corrected chi connectivity index (χ2v) is 6.95. The zero-order chi connectivity index (χ0) is 20.9. The summed E-state index contributed by atoms with van der Waals surface area (Å²) in [5.41, 5.74) is 9.27. The van der Waals surface area contributed by atoms with Gasteiger partial charge in [0.25, 0.3) is 5.89 Å². The number of carbonyl (C=O) groups is 1. The Morgan fingerprint density at radius 1 is 1.13 bits per heavy atom. The van der Waals surface area contributed by atoms with Crippen molar-refractivity contribution in [3.63, 3.8) is 0 Å². The summed E-state index contributed by atoms with van der Waals surface area (Å²) in [6.45, 7) is 0. The fraction of sp³-hybridized carbons (Fsp3) is 0.182.